The summed E-state index contributed by atoms with van der Waals surface area (Å²) in [7, 11) is 1.99. The van der Waals surface area contributed by atoms with Gasteiger partial charge in [-0.05, 0) is 24.1 Å². The molecule has 134 valence electrons. The molecule has 1 aliphatic heterocycles. The number of nitrogens with one attached hydrogen (secondary N) is 1. The van der Waals surface area contributed by atoms with Crippen molar-refractivity contribution >= 4 is 5.91 Å². The Morgan fingerprint density at radius 1 is 1.52 bits per heavy atom. The lowest BCUT2D eigenvalue weighted by Gasteiger charge is -2.19. The molecule has 0 unspecified atom stereocenters. The van der Waals surface area contributed by atoms with Crippen LogP contribution < -0.4 is 15.8 Å². The smallest absolute Gasteiger partial charge is 0.255 e. The van der Waals surface area contributed by atoms with Crippen LogP contribution in [0.15, 0.2) is 36.7 Å². The largest absolute Gasteiger partial charge is 0.484 e. The Hall–Kier alpha value is -2.38. The zero-order chi connectivity index (χ0) is 17.6. The maximum Gasteiger partial charge on any atom is 0.255 e. The average molecular weight is 344 g/mol. The lowest BCUT2D eigenvalue weighted by atomic mass is 10.0. The van der Waals surface area contributed by atoms with Crippen LogP contribution in [0.2, 0.25) is 0 Å². The molecule has 1 aromatic carbocycles. The molecule has 7 nitrogen and oxygen atoms in total. The summed E-state index contributed by atoms with van der Waals surface area (Å²) in [5.74, 6) is 1.54. The summed E-state index contributed by atoms with van der Waals surface area (Å²) >= 11 is 0. The minimum absolute atomic E-state index is 0.0396. The number of aryl methyl sites for hydroxylation is 1. The second-order valence-electron chi connectivity index (χ2n) is 6.27. The van der Waals surface area contributed by atoms with Crippen molar-refractivity contribution in [1.29, 1.82) is 0 Å². The molecule has 1 aromatic heterocycles. The third-order valence-corrected chi connectivity index (χ3v) is 4.34. The number of primary amides is 1. The van der Waals surface area contributed by atoms with E-state index in [0.29, 0.717) is 11.7 Å². The second-order valence-corrected chi connectivity index (χ2v) is 6.27. The van der Waals surface area contributed by atoms with Gasteiger partial charge in [-0.1, -0.05) is 12.1 Å². The third kappa shape index (κ3) is 4.58. The highest BCUT2D eigenvalue weighted by molar-refractivity contribution is 5.75. The monoisotopic (exact) mass is 344 g/mol. The number of nitrogens with zero attached hydrogens (tertiary/aromatic N) is 2. The number of aromatic nitrogens is 2. The highest BCUT2D eigenvalue weighted by Crippen LogP contribution is 2.32. The fourth-order valence-corrected chi connectivity index (χ4v) is 3.08. The zero-order valence-corrected chi connectivity index (χ0v) is 14.4. The molecule has 1 saturated heterocycles. The number of hydrogen-bond acceptors (Lipinski definition) is 5. The standard InChI is InChI=1S/C18H24N4O3/c1-22-7-6-21-18(22)17-14(5-8-24-17)11-20-10-13-3-2-4-15(9-13)25-12-16(19)23/h2-4,6-7,9,14,17,20H,5,8,10-12H2,1H3,(H2,19,23)/t14-,17+/m0/s1. The number of carbonyl (C=O) groups excluding carboxylic acids is 1. The minimum Gasteiger partial charge on any atom is -0.484 e. The Labute approximate surface area is 147 Å². The summed E-state index contributed by atoms with van der Waals surface area (Å²) in [6, 6.07) is 7.65. The van der Waals surface area contributed by atoms with Gasteiger partial charge in [0.15, 0.2) is 6.61 Å². The number of hydrogen-bond donors (Lipinski definition) is 2. The van der Waals surface area contributed by atoms with Crippen LogP contribution in [-0.2, 0) is 23.1 Å². The third-order valence-electron chi connectivity index (χ3n) is 4.34. The molecule has 1 amide bonds. The molecule has 3 rings (SSSR count). The molecule has 7 heteroatoms. The average Bonchev–Trinajstić information content (AvgIpc) is 3.22. The van der Waals surface area contributed by atoms with Gasteiger partial charge in [-0.25, -0.2) is 4.98 Å². The SMILES string of the molecule is Cn1ccnc1[C@@H]1OCC[C@H]1CNCc1cccc(OCC(N)=O)c1. The molecule has 0 spiro atoms. The van der Waals surface area contributed by atoms with Gasteiger partial charge in [0.1, 0.15) is 17.7 Å². The summed E-state index contributed by atoms with van der Waals surface area (Å²) in [4.78, 5) is 15.2. The van der Waals surface area contributed by atoms with E-state index in [0.717, 1.165) is 37.5 Å². The van der Waals surface area contributed by atoms with Crippen LogP contribution in [-0.4, -0.2) is 35.2 Å². The van der Waals surface area contributed by atoms with Crippen molar-refractivity contribution in [3.05, 3.63) is 48.0 Å². The van der Waals surface area contributed by atoms with Crippen molar-refractivity contribution in [2.75, 3.05) is 19.8 Å². The van der Waals surface area contributed by atoms with E-state index in [1.54, 1.807) is 6.20 Å². The van der Waals surface area contributed by atoms with Crippen molar-refractivity contribution in [2.45, 2.75) is 19.1 Å². The first-order valence-electron chi connectivity index (χ1n) is 8.43. The maximum absolute atomic E-state index is 10.8. The fraction of sp³-hybridized carbons (Fsp3) is 0.444. The van der Waals surface area contributed by atoms with Crippen molar-refractivity contribution in [3.63, 3.8) is 0 Å². The van der Waals surface area contributed by atoms with E-state index in [2.05, 4.69) is 10.3 Å². The lowest BCUT2D eigenvalue weighted by Crippen LogP contribution is -2.25. The van der Waals surface area contributed by atoms with Gasteiger partial charge < -0.3 is 25.1 Å². The molecule has 3 N–H and O–H groups in total. The van der Waals surface area contributed by atoms with Crippen LogP contribution in [0.3, 0.4) is 0 Å². The second kappa shape index (κ2) is 8.13. The van der Waals surface area contributed by atoms with Crippen molar-refractivity contribution < 1.29 is 14.3 Å². The molecule has 2 aromatic rings. The highest BCUT2D eigenvalue weighted by Gasteiger charge is 2.31. The molecule has 0 saturated carbocycles. The molecule has 0 bridgehead atoms. The summed E-state index contributed by atoms with van der Waals surface area (Å²) in [6.45, 7) is 2.23. The number of imidazole rings is 1. The predicted molar refractivity (Wildman–Crippen MR) is 92.8 cm³/mol. The van der Waals surface area contributed by atoms with E-state index in [-0.39, 0.29) is 12.7 Å². The van der Waals surface area contributed by atoms with Gasteiger partial charge in [0.25, 0.3) is 5.91 Å². The molecule has 2 heterocycles. The number of ether oxygens (including phenoxy) is 2. The fourth-order valence-electron chi connectivity index (χ4n) is 3.08. The topological polar surface area (TPSA) is 91.4 Å². The van der Waals surface area contributed by atoms with E-state index in [9.17, 15) is 4.79 Å². The van der Waals surface area contributed by atoms with Crippen LogP contribution in [0.25, 0.3) is 0 Å². The Balaban J connectivity index is 1.51. The highest BCUT2D eigenvalue weighted by atomic mass is 16.5. The number of amides is 1. The number of benzene rings is 1. The molecule has 1 fully saturated rings. The van der Waals surface area contributed by atoms with E-state index in [1.807, 2.05) is 42.1 Å². The molecule has 0 aliphatic carbocycles. The number of nitrogens with two attached hydrogens (primary N) is 1. The van der Waals surface area contributed by atoms with Crippen LogP contribution in [0, 0.1) is 5.92 Å². The Bertz CT molecular complexity index is 716. The van der Waals surface area contributed by atoms with E-state index < -0.39 is 5.91 Å². The van der Waals surface area contributed by atoms with E-state index in [1.165, 1.54) is 0 Å². The minimum atomic E-state index is -0.481. The van der Waals surface area contributed by atoms with Gasteiger partial charge in [0, 0.05) is 45.1 Å². The summed E-state index contributed by atoms with van der Waals surface area (Å²) in [6.07, 6.45) is 4.81. The summed E-state index contributed by atoms with van der Waals surface area (Å²) in [5.41, 5.74) is 6.19. The molecule has 2 atom stereocenters. The lowest BCUT2D eigenvalue weighted by molar-refractivity contribution is -0.119. The molecule has 0 radical (unpaired) electrons. The Morgan fingerprint density at radius 2 is 2.40 bits per heavy atom. The Morgan fingerprint density at radius 3 is 3.16 bits per heavy atom. The summed E-state index contributed by atoms with van der Waals surface area (Å²) in [5, 5.41) is 3.48. The first-order valence-corrected chi connectivity index (χ1v) is 8.43. The van der Waals surface area contributed by atoms with Gasteiger partial charge in [0.2, 0.25) is 0 Å². The van der Waals surface area contributed by atoms with Crippen LogP contribution in [0.1, 0.15) is 23.9 Å². The van der Waals surface area contributed by atoms with Crippen LogP contribution in [0.5, 0.6) is 5.75 Å². The van der Waals surface area contributed by atoms with Gasteiger partial charge in [-0.3, -0.25) is 4.79 Å². The first kappa shape index (κ1) is 17.4. The van der Waals surface area contributed by atoms with Gasteiger partial charge >= 0.3 is 0 Å². The Kier molecular flexibility index (Phi) is 5.67. The number of rotatable bonds is 8. The first-order chi connectivity index (χ1) is 12.1. The molecule has 25 heavy (non-hydrogen) atoms. The predicted octanol–water partition coefficient (Wildman–Crippen LogP) is 1.15. The molecule has 1 aliphatic rings. The van der Waals surface area contributed by atoms with Crippen molar-refractivity contribution in [1.82, 2.24) is 14.9 Å². The quantitative estimate of drug-likeness (QED) is 0.750. The normalized spacial score (nSPS) is 19.9. The molecular weight excluding hydrogens is 320 g/mol. The summed E-state index contributed by atoms with van der Waals surface area (Å²) < 4.78 is 13.2. The van der Waals surface area contributed by atoms with Crippen molar-refractivity contribution in [2.24, 2.45) is 18.7 Å². The molecular formula is C18H24N4O3. The van der Waals surface area contributed by atoms with Crippen LogP contribution in [0.4, 0.5) is 0 Å². The van der Waals surface area contributed by atoms with Gasteiger partial charge in [0.05, 0.1) is 0 Å². The zero-order valence-electron chi connectivity index (χ0n) is 14.4. The van der Waals surface area contributed by atoms with Gasteiger partial charge in [-0.2, -0.15) is 0 Å². The number of carbonyl (C=O) groups is 1. The van der Waals surface area contributed by atoms with E-state index >= 15 is 0 Å². The van der Waals surface area contributed by atoms with Crippen LogP contribution >= 0.6 is 0 Å². The van der Waals surface area contributed by atoms with Crippen molar-refractivity contribution in [3.8, 4) is 5.75 Å². The maximum atomic E-state index is 10.8. The van der Waals surface area contributed by atoms with E-state index in [4.69, 9.17) is 15.2 Å². The van der Waals surface area contributed by atoms with Gasteiger partial charge in [-0.15, -0.1) is 0 Å².